The van der Waals surface area contributed by atoms with Crippen LogP contribution in [0.25, 0.3) is 10.8 Å². The minimum atomic E-state index is -0.541. The molecule has 2 fully saturated rings. The summed E-state index contributed by atoms with van der Waals surface area (Å²) in [4.78, 5) is 25.5. The van der Waals surface area contributed by atoms with Crippen molar-refractivity contribution in [2.75, 3.05) is 14.2 Å². The van der Waals surface area contributed by atoms with Crippen molar-refractivity contribution in [3.05, 3.63) is 71.3 Å². The number of rotatable bonds is 8. The Morgan fingerprint density at radius 1 is 0.919 bits per heavy atom. The molecule has 2 aliphatic carbocycles. The average molecular weight is 503 g/mol. The van der Waals surface area contributed by atoms with Crippen molar-refractivity contribution in [2.24, 2.45) is 5.41 Å². The number of fused-ring (bicyclic) bond motifs is 1. The molecule has 0 aromatic heterocycles. The second-order valence-electron chi connectivity index (χ2n) is 10.4. The molecule has 3 aromatic rings. The van der Waals surface area contributed by atoms with Crippen LogP contribution in [0.1, 0.15) is 72.9 Å². The molecule has 6 nitrogen and oxygen atoms in total. The van der Waals surface area contributed by atoms with Crippen LogP contribution in [0.2, 0.25) is 0 Å². The lowest BCUT2D eigenvalue weighted by Crippen LogP contribution is -2.37. The minimum Gasteiger partial charge on any atom is -0.496 e. The lowest BCUT2D eigenvalue weighted by atomic mass is 9.74. The smallest absolute Gasteiger partial charge is 0.341 e. The van der Waals surface area contributed by atoms with Crippen molar-refractivity contribution in [1.82, 2.24) is 0 Å². The van der Waals surface area contributed by atoms with Crippen LogP contribution < -0.4 is 9.47 Å². The van der Waals surface area contributed by atoms with Crippen molar-refractivity contribution >= 4 is 22.7 Å². The Bertz CT molecular complexity index is 1300. The zero-order valence-corrected chi connectivity index (χ0v) is 21.8. The van der Waals surface area contributed by atoms with E-state index in [4.69, 9.17) is 18.9 Å². The highest BCUT2D eigenvalue weighted by Gasteiger charge is 2.40. The summed E-state index contributed by atoms with van der Waals surface area (Å²) in [5.41, 5.74) is 1.91. The van der Waals surface area contributed by atoms with Crippen molar-refractivity contribution in [1.29, 1.82) is 0 Å². The average Bonchev–Trinajstić information content (AvgIpc) is 3.78. The molecule has 0 N–H and O–H groups in total. The van der Waals surface area contributed by atoms with Gasteiger partial charge in [-0.05, 0) is 79.8 Å². The number of ether oxygens (including phenoxy) is 4. The highest BCUT2D eigenvalue weighted by Crippen LogP contribution is 2.48. The summed E-state index contributed by atoms with van der Waals surface area (Å²) in [5.74, 6) is 1.04. The highest BCUT2D eigenvalue weighted by atomic mass is 16.5. The van der Waals surface area contributed by atoms with Gasteiger partial charge in [-0.2, -0.15) is 0 Å². The van der Waals surface area contributed by atoms with Gasteiger partial charge in [-0.3, -0.25) is 4.79 Å². The third kappa shape index (κ3) is 5.29. The van der Waals surface area contributed by atoms with Crippen molar-refractivity contribution < 1.29 is 28.5 Å². The third-order valence-corrected chi connectivity index (χ3v) is 7.82. The van der Waals surface area contributed by atoms with Gasteiger partial charge in [0, 0.05) is 5.56 Å². The van der Waals surface area contributed by atoms with Crippen LogP contribution in [0.5, 0.6) is 11.5 Å². The van der Waals surface area contributed by atoms with E-state index in [1.54, 1.807) is 13.2 Å². The van der Waals surface area contributed by atoms with E-state index < -0.39 is 11.4 Å². The summed E-state index contributed by atoms with van der Waals surface area (Å²) in [5, 5.41) is 2.25. The standard InChI is InChI=1S/C31H34O6/c1-31(30(33)36-19-22-9-6-8-20-7-4-5-10-24(20)22)15-13-23(14-16-31)37-28-18-26(29(32)35-3)27(34-2)17-25(28)21-11-12-21/h4-10,17-18,21,23H,11-16,19H2,1-3H3. The van der Waals surface area contributed by atoms with Gasteiger partial charge in [0.05, 0.1) is 25.7 Å². The first-order valence-electron chi connectivity index (χ1n) is 13.0. The van der Waals surface area contributed by atoms with E-state index in [1.807, 2.05) is 37.3 Å². The molecule has 0 radical (unpaired) electrons. The molecule has 2 aliphatic rings. The van der Waals surface area contributed by atoms with Gasteiger partial charge in [0.15, 0.2) is 0 Å². The molecule has 0 amide bonds. The first kappa shape index (κ1) is 25.1. The van der Waals surface area contributed by atoms with E-state index in [0.29, 0.717) is 30.1 Å². The normalized spacial score (nSPS) is 21.3. The molecule has 3 aromatic carbocycles. The number of hydrogen-bond acceptors (Lipinski definition) is 6. The monoisotopic (exact) mass is 502 g/mol. The molecule has 0 saturated heterocycles. The van der Waals surface area contributed by atoms with Gasteiger partial charge >= 0.3 is 11.9 Å². The van der Waals surface area contributed by atoms with Crippen LogP contribution in [-0.2, 0) is 20.9 Å². The Kier molecular flexibility index (Phi) is 7.09. The minimum absolute atomic E-state index is 0.0321. The Morgan fingerprint density at radius 2 is 1.65 bits per heavy atom. The molecular weight excluding hydrogens is 468 g/mol. The summed E-state index contributed by atoms with van der Waals surface area (Å²) in [7, 11) is 2.92. The van der Waals surface area contributed by atoms with E-state index in [-0.39, 0.29) is 18.7 Å². The van der Waals surface area contributed by atoms with Crippen LogP contribution in [0.15, 0.2) is 54.6 Å². The molecule has 0 atom stereocenters. The molecule has 2 saturated carbocycles. The number of carbonyl (C=O) groups is 2. The molecule has 0 spiro atoms. The zero-order valence-electron chi connectivity index (χ0n) is 21.8. The Balaban J connectivity index is 1.24. The largest absolute Gasteiger partial charge is 0.496 e. The number of hydrogen-bond donors (Lipinski definition) is 0. The Morgan fingerprint density at radius 3 is 2.35 bits per heavy atom. The van der Waals surface area contributed by atoms with Crippen LogP contribution in [-0.4, -0.2) is 32.3 Å². The van der Waals surface area contributed by atoms with E-state index >= 15 is 0 Å². The number of carbonyl (C=O) groups excluding carboxylic acids is 2. The third-order valence-electron chi connectivity index (χ3n) is 7.82. The predicted octanol–water partition coefficient (Wildman–Crippen LogP) is 6.58. The van der Waals surface area contributed by atoms with E-state index in [1.165, 1.54) is 7.11 Å². The highest BCUT2D eigenvalue weighted by molar-refractivity contribution is 5.93. The van der Waals surface area contributed by atoms with Crippen LogP contribution in [0, 0.1) is 5.41 Å². The molecule has 0 bridgehead atoms. The summed E-state index contributed by atoms with van der Waals surface area (Å²) in [6, 6.07) is 17.9. The fourth-order valence-electron chi connectivity index (χ4n) is 5.30. The molecule has 5 rings (SSSR count). The molecule has 0 heterocycles. The quantitative estimate of drug-likeness (QED) is 0.324. The molecule has 6 heteroatoms. The number of benzene rings is 3. The SMILES string of the molecule is COC(=O)c1cc(OC2CCC(C)(C(=O)OCc3cccc4ccccc34)CC2)c(C2CC2)cc1OC. The molecule has 37 heavy (non-hydrogen) atoms. The maximum absolute atomic E-state index is 13.1. The van der Waals surface area contributed by atoms with E-state index in [0.717, 1.165) is 53.3 Å². The number of esters is 2. The van der Waals surface area contributed by atoms with Crippen LogP contribution in [0.4, 0.5) is 0 Å². The second-order valence-corrected chi connectivity index (χ2v) is 10.4. The molecule has 0 aliphatic heterocycles. The van der Waals surface area contributed by atoms with Gasteiger partial charge in [0.2, 0.25) is 0 Å². The summed E-state index contributed by atoms with van der Waals surface area (Å²) in [6.45, 7) is 2.26. The van der Waals surface area contributed by atoms with Crippen molar-refractivity contribution in [3.63, 3.8) is 0 Å². The van der Waals surface area contributed by atoms with Crippen LogP contribution >= 0.6 is 0 Å². The first-order chi connectivity index (χ1) is 17.9. The summed E-state index contributed by atoms with van der Waals surface area (Å²) < 4.78 is 22.7. The number of methoxy groups -OCH3 is 2. The maximum atomic E-state index is 13.1. The van der Waals surface area contributed by atoms with Crippen molar-refractivity contribution in [2.45, 2.75) is 64.1 Å². The molecule has 0 unspecified atom stereocenters. The van der Waals surface area contributed by atoms with Gasteiger partial charge < -0.3 is 18.9 Å². The Labute approximate surface area is 217 Å². The topological polar surface area (TPSA) is 71.1 Å². The Hall–Kier alpha value is -3.54. The first-order valence-corrected chi connectivity index (χ1v) is 13.0. The van der Waals surface area contributed by atoms with Gasteiger partial charge in [-0.25, -0.2) is 4.79 Å². The fourth-order valence-corrected chi connectivity index (χ4v) is 5.30. The zero-order chi connectivity index (χ0) is 26.0. The lowest BCUT2D eigenvalue weighted by molar-refractivity contribution is -0.159. The fraction of sp³-hybridized carbons (Fsp3) is 0.419. The van der Waals surface area contributed by atoms with Gasteiger partial charge in [0.25, 0.3) is 0 Å². The lowest BCUT2D eigenvalue weighted by Gasteiger charge is -2.35. The van der Waals surface area contributed by atoms with E-state index in [9.17, 15) is 9.59 Å². The van der Waals surface area contributed by atoms with Gasteiger partial charge in [0.1, 0.15) is 23.7 Å². The molecule has 194 valence electrons. The van der Waals surface area contributed by atoms with Crippen LogP contribution in [0.3, 0.4) is 0 Å². The maximum Gasteiger partial charge on any atom is 0.341 e. The summed E-state index contributed by atoms with van der Waals surface area (Å²) >= 11 is 0. The molecular formula is C31H34O6. The summed E-state index contributed by atoms with van der Waals surface area (Å²) in [6.07, 6.45) is 5.02. The van der Waals surface area contributed by atoms with Gasteiger partial charge in [-0.1, -0.05) is 42.5 Å². The predicted molar refractivity (Wildman–Crippen MR) is 141 cm³/mol. The van der Waals surface area contributed by atoms with Crippen molar-refractivity contribution in [3.8, 4) is 11.5 Å². The van der Waals surface area contributed by atoms with E-state index in [2.05, 4.69) is 18.2 Å². The van der Waals surface area contributed by atoms with Gasteiger partial charge in [-0.15, -0.1) is 0 Å². The second kappa shape index (κ2) is 10.4.